The van der Waals surface area contributed by atoms with E-state index in [1.165, 1.54) is 38.5 Å². The van der Waals surface area contributed by atoms with Crippen molar-refractivity contribution >= 4 is 8.32 Å². The molecule has 0 aromatic rings. The molecule has 0 aromatic heterocycles. The van der Waals surface area contributed by atoms with Gasteiger partial charge >= 0.3 is 0 Å². The minimum Gasteiger partial charge on any atom is -0.414 e. The smallest absolute Gasteiger partial charge is 0.192 e. The molecular weight excluding hydrogens is 412 g/mol. The lowest BCUT2D eigenvalue weighted by Crippen LogP contribution is -2.59. The molecule has 0 bridgehead atoms. The van der Waals surface area contributed by atoms with E-state index in [0.29, 0.717) is 59.0 Å². The molecule has 4 aliphatic carbocycles. The highest BCUT2D eigenvalue weighted by atomic mass is 28.4. The Hall–Kier alpha value is 0.0969. The zero-order valence-electron chi connectivity index (χ0n) is 22.3. The summed E-state index contributed by atoms with van der Waals surface area (Å²) in [5, 5.41) is 21.7. The van der Waals surface area contributed by atoms with Crippen LogP contribution in [0.3, 0.4) is 0 Å². The van der Waals surface area contributed by atoms with E-state index in [1.54, 1.807) is 0 Å². The molecule has 4 fully saturated rings. The highest BCUT2D eigenvalue weighted by Crippen LogP contribution is 2.68. The molecule has 4 heteroatoms. The van der Waals surface area contributed by atoms with Crippen LogP contribution in [0.25, 0.3) is 0 Å². The van der Waals surface area contributed by atoms with Crippen molar-refractivity contribution in [3.63, 3.8) is 0 Å². The van der Waals surface area contributed by atoms with Crippen molar-refractivity contribution < 1.29 is 14.6 Å². The summed E-state index contributed by atoms with van der Waals surface area (Å²) >= 11 is 0. The lowest BCUT2D eigenvalue weighted by Gasteiger charge is -2.63. The number of hydrogen-bond acceptors (Lipinski definition) is 3. The predicted molar refractivity (Wildman–Crippen MR) is 135 cm³/mol. The second-order valence-electron chi connectivity index (χ2n) is 14.5. The van der Waals surface area contributed by atoms with Crippen molar-refractivity contribution in [2.45, 2.75) is 123 Å². The van der Waals surface area contributed by atoms with Crippen molar-refractivity contribution in [1.82, 2.24) is 0 Å². The maximum absolute atomic E-state index is 11.6. The van der Waals surface area contributed by atoms with E-state index in [4.69, 9.17) is 4.43 Å². The Kier molecular flexibility index (Phi) is 6.57. The molecule has 2 N–H and O–H groups in total. The largest absolute Gasteiger partial charge is 0.414 e. The summed E-state index contributed by atoms with van der Waals surface area (Å²) in [6.07, 6.45) is 9.86. The lowest BCUT2D eigenvalue weighted by atomic mass is 9.43. The van der Waals surface area contributed by atoms with Gasteiger partial charge in [-0.3, -0.25) is 0 Å². The monoisotopic (exact) mass is 464 g/mol. The summed E-state index contributed by atoms with van der Waals surface area (Å²) in [6.45, 7) is 19.4. The summed E-state index contributed by atoms with van der Waals surface area (Å²) in [5.41, 5.74) is 0.662. The molecule has 0 radical (unpaired) electrons. The van der Waals surface area contributed by atoms with Crippen molar-refractivity contribution in [3.05, 3.63) is 0 Å². The van der Waals surface area contributed by atoms with Crippen LogP contribution in [0, 0.1) is 46.3 Å². The van der Waals surface area contributed by atoms with E-state index in [9.17, 15) is 10.2 Å². The Morgan fingerprint density at radius 3 is 2.22 bits per heavy atom. The SMILES string of the molecule is C[C@H](CO)C1CC[C@H]2[C@@H]3[C@H](O)CC4CC(O[Si](C)(C)C(C)(C)C)CCC4(C)[C@H]3CCC12C. The van der Waals surface area contributed by atoms with Crippen molar-refractivity contribution in [2.24, 2.45) is 46.3 Å². The quantitative estimate of drug-likeness (QED) is 0.459. The maximum Gasteiger partial charge on any atom is 0.192 e. The molecule has 32 heavy (non-hydrogen) atoms. The van der Waals surface area contributed by atoms with Gasteiger partial charge in [-0.25, -0.2) is 0 Å². The summed E-state index contributed by atoms with van der Waals surface area (Å²) < 4.78 is 6.88. The fourth-order valence-corrected chi connectivity index (χ4v) is 10.4. The van der Waals surface area contributed by atoms with Crippen LogP contribution in [0.4, 0.5) is 0 Å². The van der Waals surface area contributed by atoms with Crippen LogP contribution < -0.4 is 0 Å². The third-order valence-corrected chi connectivity index (χ3v) is 16.5. The first-order valence-corrected chi connectivity index (χ1v) is 16.6. The Morgan fingerprint density at radius 2 is 1.59 bits per heavy atom. The molecule has 0 amide bonds. The average Bonchev–Trinajstić information content (AvgIpc) is 3.04. The molecule has 10 atom stereocenters. The van der Waals surface area contributed by atoms with Crippen LogP contribution in [-0.4, -0.2) is 37.3 Å². The van der Waals surface area contributed by atoms with Gasteiger partial charge in [-0.05, 0) is 116 Å². The Bertz CT molecular complexity index is 687. The summed E-state index contributed by atoms with van der Waals surface area (Å²) in [5.74, 6) is 3.35. The first-order valence-electron chi connectivity index (χ1n) is 13.7. The number of hydrogen-bond donors (Lipinski definition) is 2. The van der Waals surface area contributed by atoms with Gasteiger partial charge in [0.25, 0.3) is 0 Å². The van der Waals surface area contributed by atoms with Gasteiger partial charge in [0.1, 0.15) is 0 Å². The van der Waals surface area contributed by atoms with Gasteiger partial charge in [0.15, 0.2) is 8.32 Å². The Labute approximate surface area is 199 Å². The van der Waals surface area contributed by atoms with Crippen LogP contribution in [0.2, 0.25) is 18.1 Å². The second-order valence-corrected chi connectivity index (χ2v) is 19.2. The minimum atomic E-state index is -1.76. The highest BCUT2D eigenvalue weighted by Gasteiger charge is 2.63. The maximum atomic E-state index is 11.6. The molecule has 4 aliphatic rings. The van der Waals surface area contributed by atoms with E-state index in [0.717, 1.165) is 12.8 Å². The molecule has 3 nitrogen and oxygen atoms in total. The fourth-order valence-electron chi connectivity index (χ4n) is 8.99. The van der Waals surface area contributed by atoms with E-state index in [1.807, 2.05) is 0 Å². The topological polar surface area (TPSA) is 49.7 Å². The van der Waals surface area contributed by atoms with Gasteiger partial charge in [0.05, 0.1) is 6.10 Å². The third kappa shape index (κ3) is 3.87. The summed E-state index contributed by atoms with van der Waals surface area (Å²) in [6, 6.07) is 0. The molecule has 0 spiro atoms. The molecule has 4 rings (SSSR count). The van der Waals surface area contributed by atoms with Gasteiger partial charge in [0, 0.05) is 12.7 Å². The highest BCUT2D eigenvalue weighted by molar-refractivity contribution is 6.74. The van der Waals surface area contributed by atoms with E-state index >= 15 is 0 Å². The third-order valence-electron chi connectivity index (χ3n) is 12.0. The average molecular weight is 465 g/mol. The molecule has 0 heterocycles. The van der Waals surface area contributed by atoms with Gasteiger partial charge in [-0.15, -0.1) is 0 Å². The Balaban J connectivity index is 1.52. The van der Waals surface area contributed by atoms with Crippen LogP contribution in [0.15, 0.2) is 0 Å². The van der Waals surface area contributed by atoms with E-state index in [-0.39, 0.29) is 11.1 Å². The summed E-state index contributed by atoms with van der Waals surface area (Å²) in [7, 11) is -1.76. The van der Waals surface area contributed by atoms with Crippen LogP contribution in [-0.2, 0) is 4.43 Å². The van der Waals surface area contributed by atoms with E-state index < -0.39 is 8.32 Å². The molecule has 186 valence electrons. The zero-order valence-corrected chi connectivity index (χ0v) is 23.3. The predicted octanol–water partition coefficient (Wildman–Crippen LogP) is 6.63. The van der Waals surface area contributed by atoms with Gasteiger partial charge in [0.2, 0.25) is 0 Å². The van der Waals surface area contributed by atoms with Crippen LogP contribution in [0.1, 0.15) is 92.9 Å². The second kappa shape index (κ2) is 8.35. The van der Waals surface area contributed by atoms with Gasteiger partial charge in [-0.1, -0.05) is 41.5 Å². The molecule has 0 aliphatic heterocycles. The number of aliphatic hydroxyl groups is 2. The van der Waals surface area contributed by atoms with Crippen LogP contribution in [0.5, 0.6) is 0 Å². The number of rotatable bonds is 4. The molecule has 0 saturated heterocycles. The number of aliphatic hydroxyl groups excluding tert-OH is 2. The van der Waals surface area contributed by atoms with Crippen molar-refractivity contribution in [2.75, 3.05) is 6.61 Å². The standard InChI is InChI=1S/C28H52O3Si/c1-18(17-29)21-9-10-22-25-23(12-14-28(21,22)6)27(5)13-11-20(15-19(27)16-24(25)30)31-32(7,8)26(2,3)4/h18-25,29-30H,9-17H2,1-8H3/t18-,19?,20?,21?,22+,23+,24-,25+,27?,28?/m1/s1. The molecule has 0 aromatic carbocycles. The van der Waals surface area contributed by atoms with E-state index in [2.05, 4.69) is 54.6 Å². The van der Waals surface area contributed by atoms with Crippen molar-refractivity contribution in [3.8, 4) is 0 Å². The van der Waals surface area contributed by atoms with Crippen LogP contribution >= 0.6 is 0 Å². The van der Waals surface area contributed by atoms with Gasteiger partial charge < -0.3 is 14.6 Å². The minimum absolute atomic E-state index is 0.155. The number of fused-ring (bicyclic) bond motifs is 5. The lowest BCUT2D eigenvalue weighted by molar-refractivity contribution is -0.173. The van der Waals surface area contributed by atoms with Crippen molar-refractivity contribution in [1.29, 1.82) is 0 Å². The molecular formula is C28H52O3Si. The normalized spacial score (nSPS) is 48.0. The first-order chi connectivity index (χ1) is 14.7. The van der Waals surface area contributed by atoms with Gasteiger partial charge in [-0.2, -0.15) is 0 Å². The molecule has 5 unspecified atom stereocenters. The zero-order chi connectivity index (χ0) is 23.7. The summed E-state index contributed by atoms with van der Waals surface area (Å²) in [4.78, 5) is 0. The fraction of sp³-hybridized carbons (Fsp3) is 1.00. The molecule has 4 saturated carbocycles. The Morgan fingerprint density at radius 1 is 0.969 bits per heavy atom. The first kappa shape index (κ1) is 25.2.